The van der Waals surface area contributed by atoms with Crippen LogP contribution in [0.4, 0.5) is 0 Å². The molecule has 2 aromatic heterocycles. The first-order valence-corrected chi connectivity index (χ1v) is 5.29. The van der Waals surface area contributed by atoms with Crippen LogP contribution in [0.2, 0.25) is 0 Å². The molecule has 3 rings (SSSR count). The molecule has 0 saturated heterocycles. The molecule has 0 unspecified atom stereocenters. The van der Waals surface area contributed by atoms with Crippen molar-refractivity contribution < 1.29 is 9.21 Å². The van der Waals surface area contributed by atoms with Crippen molar-refractivity contribution in [2.24, 2.45) is 7.05 Å². The molecular formula is C12H9N3O3. The predicted molar refractivity (Wildman–Crippen MR) is 64.4 cm³/mol. The van der Waals surface area contributed by atoms with Gasteiger partial charge in [-0.25, -0.2) is 9.78 Å². The molecule has 0 amide bonds. The van der Waals surface area contributed by atoms with E-state index in [0.717, 1.165) is 5.56 Å². The third-order valence-corrected chi connectivity index (χ3v) is 2.85. The van der Waals surface area contributed by atoms with Crippen molar-refractivity contribution in [3.63, 3.8) is 0 Å². The number of benzene rings is 1. The Morgan fingerprint density at radius 3 is 3.06 bits per heavy atom. The van der Waals surface area contributed by atoms with E-state index in [1.807, 2.05) is 0 Å². The number of nitrogens with one attached hydrogen (secondary N) is 1. The fourth-order valence-electron chi connectivity index (χ4n) is 1.90. The fourth-order valence-corrected chi connectivity index (χ4v) is 1.90. The summed E-state index contributed by atoms with van der Waals surface area (Å²) in [5.41, 5.74) is 2.89. The van der Waals surface area contributed by atoms with Gasteiger partial charge < -0.3 is 9.40 Å². The van der Waals surface area contributed by atoms with Crippen molar-refractivity contribution in [2.45, 2.75) is 0 Å². The highest BCUT2D eigenvalue weighted by Crippen LogP contribution is 2.23. The Balaban J connectivity index is 2.28. The molecule has 0 fully saturated rings. The van der Waals surface area contributed by atoms with Crippen LogP contribution in [0.5, 0.6) is 0 Å². The monoisotopic (exact) mass is 243 g/mol. The number of fused-ring (bicyclic) bond motifs is 1. The van der Waals surface area contributed by atoms with Crippen LogP contribution >= 0.6 is 0 Å². The van der Waals surface area contributed by atoms with Crippen LogP contribution in [-0.2, 0) is 7.05 Å². The van der Waals surface area contributed by atoms with E-state index < -0.39 is 5.76 Å². The summed E-state index contributed by atoms with van der Waals surface area (Å²) in [4.78, 5) is 29.1. The highest BCUT2D eigenvalue weighted by molar-refractivity contribution is 5.87. The number of aldehydes is 1. The van der Waals surface area contributed by atoms with Crippen LogP contribution in [0, 0.1) is 0 Å². The molecule has 6 nitrogen and oxygen atoms in total. The second kappa shape index (κ2) is 3.69. The molecule has 0 aliphatic heterocycles. The molecule has 0 bridgehead atoms. The maximum atomic E-state index is 11.4. The Labute approximate surface area is 101 Å². The van der Waals surface area contributed by atoms with E-state index in [4.69, 9.17) is 4.42 Å². The number of hydrogen-bond donors (Lipinski definition) is 1. The Bertz CT molecular complexity index is 794. The number of imidazole rings is 1. The van der Waals surface area contributed by atoms with Crippen LogP contribution in [0.1, 0.15) is 10.5 Å². The summed E-state index contributed by atoms with van der Waals surface area (Å²) in [6.07, 6.45) is 2.17. The molecule has 0 aliphatic rings. The average Bonchev–Trinajstić information content (AvgIpc) is 2.95. The number of H-pyrrole nitrogens is 1. The van der Waals surface area contributed by atoms with Gasteiger partial charge in [-0.3, -0.25) is 9.36 Å². The third kappa shape index (κ3) is 1.39. The second-order valence-corrected chi connectivity index (χ2v) is 3.89. The third-order valence-electron chi connectivity index (χ3n) is 2.85. The molecule has 1 aromatic carbocycles. The molecule has 2 heterocycles. The number of oxazole rings is 1. The van der Waals surface area contributed by atoms with Crippen molar-refractivity contribution in [3.8, 4) is 11.3 Å². The Kier molecular flexibility index (Phi) is 2.16. The minimum Gasteiger partial charge on any atom is -0.408 e. The van der Waals surface area contributed by atoms with Crippen LogP contribution in [0.25, 0.3) is 22.4 Å². The van der Waals surface area contributed by atoms with E-state index >= 15 is 0 Å². The first kappa shape index (κ1) is 10.5. The molecule has 90 valence electrons. The highest BCUT2D eigenvalue weighted by atomic mass is 16.4. The first-order valence-electron chi connectivity index (χ1n) is 5.29. The van der Waals surface area contributed by atoms with Gasteiger partial charge in [-0.2, -0.15) is 0 Å². The zero-order valence-corrected chi connectivity index (χ0v) is 9.51. The van der Waals surface area contributed by atoms with Gasteiger partial charge in [0.25, 0.3) is 0 Å². The van der Waals surface area contributed by atoms with Gasteiger partial charge >= 0.3 is 5.76 Å². The van der Waals surface area contributed by atoms with Gasteiger partial charge in [0, 0.05) is 12.6 Å². The van der Waals surface area contributed by atoms with E-state index in [1.165, 1.54) is 10.9 Å². The molecular weight excluding hydrogens is 234 g/mol. The number of nitrogens with zero attached hydrogens (tertiary/aromatic N) is 2. The summed E-state index contributed by atoms with van der Waals surface area (Å²) < 4.78 is 6.45. The molecule has 6 heteroatoms. The summed E-state index contributed by atoms with van der Waals surface area (Å²) >= 11 is 0. The number of rotatable bonds is 2. The van der Waals surface area contributed by atoms with Crippen molar-refractivity contribution in [2.75, 3.05) is 0 Å². The molecule has 3 aromatic rings. The maximum Gasteiger partial charge on any atom is 0.419 e. The summed E-state index contributed by atoms with van der Waals surface area (Å²) in [6, 6.07) is 5.22. The predicted octanol–water partition coefficient (Wildman–Crippen LogP) is 1.33. The topological polar surface area (TPSA) is 80.9 Å². The van der Waals surface area contributed by atoms with Crippen molar-refractivity contribution in [3.05, 3.63) is 40.8 Å². The summed E-state index contributed by atoms with van der Waals surface area (Å²) in [6.45, 7) is 0. The minimum atomic E-state index is -0.417. The average molecular weight is 243 g/mol. The lowest BCUT2D eigenvalue weighted by Gasteiger charge is -1.99. The molecule has 18 heavy (non-hydrogen) atoms. The Morgan fingerprint density at radius 1 is 1.44 bits per heavy atom. The van der Waals surface area contributed by atoms with Gasteiger partial charge in [0.1, 0.15) is 5.69 Å². The van der Waals surface area contributed by atoms with E-state index in [1.54, 1.807) is 25.2 Å². The fraction of sp³-hybridized carbons (Fsp3) is 0.0833. The Morgan fingerprint density at radius 2 is 2.28 bits per heavy atom. The van der Waals surface area contributed by atoms with Crippen LogP contribution in [0.3, 0.4) is 0 Å². The summed E-state index contributed by atoms with van der Waals surface area (Å²) in [5, 5.41) is 0. The first-order chi connectivity index (χ1) is 8.70. The summed E-state index contributed by atoms with van der Waals surface area (Å²) in [5.74, 6) is -0.417. The number of aryl methyl sites for hydroxylation is 1. The van der Waals surface area contributed by atoms with Crippen molar-refractivity contribution in [1.82, 2.24) is 14.5 Å². The summed E-state index contributed by atoms with van der Waals surface area (Å²) in [7, 11) is 1.63. The minimum absolute atomic E-state index is 0.405. The lowest BCUT2D eigenvalue weighted by Crippen LogP contribution is -2.08. The van der Waals surface area contributed by atoms with Crippen LogP contribution in [-0.4, -0.2) is 20.8 Å². The zero-order valence-electron chi connectivity index (χ0n) is 9.51. The highest BCUT2D eigenvalue weighted by Gasteiger charge is 2.11. The van der Waals surface area contributed by atoms with E-state index in [9.17, 15) is 9.59 Å². The number of aromatic amines is 1. The van der Waals surface area contributed by atoms with Gasteiger partial charge in [-0.15, -0.1) is 0 Å². The van der Waals surface area contributed by atoms with Gasteiger partial charge in [0.2, 0.25) is 0 Å². The number of hydrogen-bond acceptors (Lipinski definition) is 4. The number of carbonyl (C=O) groups excluding carboxylic acids is 1. The molecule has 0 saturated carbocycles. The largest absolute Gasteiger partial charge is 0.419 e. The van der Waals surface area contributed by atoms with E-state index in [-0.39, 0.29) is 0 Å². The molecule has 0 aliphatic carbocycles. The normalized spacial score (nSPS) is 10.9. The zero-order chi connectivity index (χ0) is 12.7. The molecule has 0 spiro atoms. The quantitative estimate of drug-likeness (QED) is 0.688. The van der Waals surface area contributed by atoms with Crippen LogP contribution in [0.15, 0.2) is 33.7 Å². The lowest BCUT2D eigenvalue weighted by molar-refractivity contribution is 0.112. The van der Waals surface area contributed by atoms with Gasteiger partial charge in [-0.05, 0) is 18.2 Å². The smallest absolute Gasteiger partial charge is 0.408 e. The van der Waals surface area contributed by atoms with Crippen molar-refractivity contribution in [1.29, 1.82) is 0 Å². The maximum absolute atomic E-state index is 11.4. The van der Waals surface area contributed by atoms with Crippen molar-refractivity contribution >= 4 is 17.4 Å². The second-order valence-electron chi connectivity index (χ2n) is 3.89. The number of carbonyl (C=O) groups is 1. The Hall–Kier alpha value is -2.63. The SMILES string of the molecule is Cn1c(=O)oc2ccc(-c3nc[nH]c3C=O)cc21. The van der Waals surface area contributed by atoms with E-state index in [0.29, 0.717) is 28.8 Å². The van der Waals surface area contributed by atoms with Gasteiger partial charge in [0.05, 0.1) is 17.5 Å². The van der Waals surface area contributed by atoms with Gasteiger partial charge in [0.15, 0.2) is 11.9 Å². The molecule has 1 N–H and O–H groups in total. The van der Waals surface area contributed by atoms with Gasteiger partial charge in [-0.1, -0.05) is 0 Å². The van der Waals surface area contributed by atoms with E-state index in [2.05, 4.69) is 9.97 Å². The van der Waals surface area contributed by atoms with Crippen LogP contribution < -0.4 is 5.76 Å². The number of aromatic nitrogens is 3. The lowest BCUT2D eigenvalue weighted by atomic mass is 10.1. The molecule has 0 atom stereocenters. The molecule has 0 radical (unpaired) electrons. The standard InChI is InChI=1S/C12H9N3O3/c1-15-9-4-7(2-3-10(9)18-12(15)17)11-8(5-16)13-6-14-11/h2-6H,1H3,(H,13,14).